The number of urea groups is 1. The molecular weight excluding hydrogens is 620 g/mol. The van der Waals surface area contributed by atoms with Crippen LogP contribution in [0.5, 0.6) is 0 Å². The average Bonchev–Trinajstić information content (AvgIpc) is 3.78. The number of carbonyl (C=O) groups is 3. The van der Waals surface area contributed by atoms with Crippen molar-refractivity contribution in [3.05, 3.63) is 118 Å². The number of imide groups is 2. The molecule has 0 unspecified atom stereocenters. The predicted octanol–water partition coefficient (Wildman–Crippen LogP) is 7.42. The van der Waals surface area contributed by atoms with Crippen LogP contribution in [0.15, 0.2) is 107 Å². The van der Waals surface area contributed by atoms with Gasteiger partial charge in [0.25, 0.3) is 11.8 Å². The van der Waals surface area contributed by atoms with Gasteiger partial charge in [-0.1, -0.05) is 72.8 Å². The van der Waals surface area contributed by atoms with Gasteiger partial charge in [0, 0.05) is 69.5 Å². The third-order valence-corrected chi connectivity index (χ3v) is 10.6. The van der Waals surface area contributed by atoms with Gasteiger partial charge in [-0.25, -0.2) is 4.79 Å². The maximum Gasteiger partial charge on any atom is 0.333 e. The molecule has 2 fully saturated rings. The number of amides is 4. The molecule has 3 heterocycles. The van der Waals surface area contributed by atoms with Gasteiger partial charge in [0.15, 0.2) is 0 Å². The van der Waals surface area contributed by atoms with Gasteiger partial charge in [-0.15, -0.1) is 0 Å². The molecule has 6 aromatic rings. The van der Waals surface area contributed by atoms with E-state index in [2.05, 4.69) is 120 Å². The van der Waals surface area contributed by atoms with Crippen molar-refractivity contribution < 1.29 is 14.4 Å². The zero-order valence-corrected chi connectivity index (χ0v) is 29.0. The number of carbonyl (C=O) groups excluding carboxylic acids is 3. The molecule has 1 aliphatic heterocycles. The number of hydrogen-bond acceptors (Lipinski definition) is 3. The summed E-state index contributed by atoms with van der Waals surface area (Å²) in [4.78, 5) is 43.7. The molecule has 250 valence electrons. The predicted molar refractivity (Wildman–Crippen MR) is 202 cm³/mol. The summed E-state index contributed by atoms with van der Waals surface area (Å²) in [6, 6.07) is 25.1. The van der Waals surface area contributed by atoms with Crippen LogP contribution in [0.25, 0.3) is 55.5 Å². The fraction of sp³-hybridized carbons (Fsp3) is 0.233. The molecule has 7 nitrogen and oxygen atoms in total. The Bertz CT molecular complexity index is 2420. The molecule has 1 saturated carbocycles. The van der Waals surface area contributed by atoms with Gasteiger partial charge in [-0.2, -0.15) is 0 Å². The number of allylic oxidation sites excluding steroid dienone is 5. The highest BCUT2D eigenvalue weighted by atomic mass is 16.2. The van der Waals surface area contributed by atoms with Crippen LogP contribution in [0, 0.1) is 0 Å². The molecule has 2 aromatic heterocycles. The molecule has 0 spiro atoms. The Hall–Kier alpha value is -5.69. The van der Waals surface area contributed by atoms with Crippen LogP contribution in [-0.2, 0) is 22.7 Å². The number of benzene rings is 4. The lowest BCUT2D eigenvalue weighted by Gasteiger charge is -2.33. The third kappa shape index (κ3) is 4.60. The highest BCUT2D eigenvalue weighted by Gasteiger charge is 2.43. The van der Waals surface area contributed by atoms with Gasteiger partial charge in [-0.3, -0.25) is 19.4 Å². The molecule has 8 rings (SSSR count). The second-order valence-electron chi connectivity index (χ2n) is 13.0. The van der Waals surface area contributed by atoms with Crippen molar-refractivity contribution in [2.75, 3.05) is 13.1 Å². The van der Waals surface area contributed by atoms with Crippen molar-refractivity contribution in [2.45, 2.75) is 53.6 Å². The quantitative estimate of drug-likeness (QED) is 0.138. The second-order valence-corrected chi connectivity index (χ2v) is 13.0. The van der Waals surface area contributed by atoms with Crippen molar-refractivity contribution in [3.63, 3.8) is 0 Å². The monoisotopic (exact) mass is 660 g/mol. The maximum atomic E-state index is 14.1. The number of nitrogens with zero attached hydrogens (tertiary/aromatic N) is 4. The fourth-order valence-corrected chi connectivity index (χ4v) is 8.30. The van der Waals surface area contributed by atoms with Crippen LogP contribution in [0.2, 0.25) is 0 Å². The zero-order valence-electron chi connectivity index (χ0n) is 29.0. The number of likely N-dealkylation sites (N-methyl/N-ethyl adjacent to an activating group) is 2. The van der Waals surface area contributed by atoms with Crippen molar-refractivity contribution in [3.8, 4) is 0 Å². The standard InChI is InChI=1S/C43H40N4O3/c1-5-44-33(31-17-9-13-27-15-11-19-35(44)38(27)31)25-23-29-21-22-30(37(29)40-41(48)46(7-3)43(50)47(8-4)42(40)49)24-26-34-32-18-10-14-28-16-12-20-36(39(28)32)45(34)6-2/h9-20,23-26H,5-8,21-22H2,1-4H3/b29-23-,30-24+,33-25-,34-26?. The average molecular weight is 661 g/mol. The SMILES string of the molecule is CCN1C(=O)C(=C2/C(=C\C=c3\c4cccc5cccc(c54)n3CC)CC/C2=C\C=c2c3cccc4cccc(c43)n2CC)C(=O)N(CC)C1=O. The minimum absolute atomic E-state index is 0.0772. The molecule has 1 saturated heterocycles. The minimum atomic E-state index is -0.557. The third-order valence-electron chi connectivity index (χ3n) is 10.6. The lowest BCUT2D eigenvalue weighted by molar-refractivity contribution is -0.135. The van der Waals surface area contributed by atoms with Gasteiger partial charge in [0.1, 0.15) is 5.57 Å². The molecular formula is C43H40N4O3. The van der Waals surface area contributed by atoms with Crippen molar-refractivity contribution in [1.82, 2.24) is 18.9 Å². The zero-order chi connectivity index (χ0) is 34.7. The van der Waals surface area contributed by atoms with E-state index in [0.29, 0.717) is 18.4 Å². The second kappa shape index (κ2) is 12.3. The van der Waals surface area contributed by atoms with Crippen LogP contribution < -0.4 is 10.7 Å². The molecule has 50 heavy (non-hydrogen) atoms. The smallest absolute Gasteiger partial charge is 0.333 e. The molecule has 1 aliphatic carbocycles. The van der Waals surface area contributed by atoms with E-state index < -0.39 is 17.8 Å². The molecule has 4 aromatic carbocycles. The normalized spacial score (nSPS) is 18.4. The summed E-state index contributed by atoms with van der Waals surface area (Å²) in [6.07, 6.45) is 9.80. The number of aryl methyl sites for hydroxylation is 2. The summed E-state index contributed by atoms with van der Waals surface area (Å²) < 4.78 is 4.64. The minimum Gasteiger partial charge on any atom is -0.341 e. The topological polar surface area (TPSA) is 67.6 Å². The van der Waals surface area contributed by atoms with Crippen molar-refractivity contribution in [2.24, 2.45) is 0 Å². The number of aromatic nitrogens is 2. The first-order chi connectivity index (χ1) is 24.4. The van der Waals surface area contributed by atoms with Gasteiger partial charge in [0.2, 0.25) is 0 Å². The van der Waals surface area contributed by atoms with E-state index in [1.807, 2.05) is 0 Å². The lowest BCUT2D eigenvalue weighted by atomic mass is 9.95. The summed E-state index contributed by atoms with van der Waals surface area (Å²) >= 11 is 0. The molecule has 0 atom stereocenters. The highest BCUT2D eigenvalue weighted by molar-refractivity contribution is 6.30. The Morgan fingerprint density at radius 3 is 1.34 bits per heavy atom. The Morgan fingerprint density at radius 2 is 0.940 bits per heavy atom. The number of hydrogen-bond donors (Lipinski definition) is 0. The summed E-state index contributed by atoms with van der Waals surface area (Å²) in [5, 5.41) is 9.39. The van der Waals surface area contributed by atoms with E-state index in [-0.39, 0.29) is 18.7 Å². The molecule has 2 aliphatic rings. The number of rotatable bonds is 6. The van der Waals surface area contributed by atoms with Crippen LogP contribution in [0.3, 0.4) is 0 Å². The first-order valence-corrected chi connectivity index (χ1v) is 17.7. The molecule has 4 amide bonds. The van der Waals surface area contributed by atoms with E-state index >= 15 is 0 Å². The molecule has 0 radical (unpaired) electrons. The van der Waals surface area contributed by atoms with Crippen molar-refractivity contribution in [1.29, 1.82) is 0 Å². The fourth-order valence-electron chi connectivity index (χ4n) is 8.30. The van der Waals surface area contributed by atoms with Gasteiger partial charge >= 0.3 is 6.03 Å². The Kier molecular flexibility index (Phi) is 7.78. The summed E-state index contributed by atoms with van der Waals surface area (Å²) in [5.41, 5.74) is 4.93. The summed E-state index contributed by atoms with van der Waals surface area (Å²) in [6.45, 7) is 9.82. The van der Waals surface area contributed by atoms with Gasteiger partial charge < -0.3 is 9.13 Å². The Labute approximate surface area is 290 Å². The van der Waals surface area contributed by atoms with E-state index in [4.69, 9.17) is 0 Å². The van der Waals surface area contributed by atoms with Crippen LogP contribution >= 0.6 is 0 Å². The number of barbiturate groups is 1. The van der Waals surface area contributed by atoms with Gasteiger partial charge in [-0.05, 0) is 92.3 Å². The first kappa shape index (κ1) is 31.6. The van der Waals surface area contributed by atoms with E-state index in [1.165, 1.54) is 53.2 Å². The van der Waals surface area contributed by atoms with Crippen LogP contribution in [-0.4, -0.2) is 49.9 Å². The first-order valence-electron chi connectivity index (χ1n) is 17.7. The lowest BCUT2D eigenvalue weighted by Crippen LogP contribution is -2.56. The molecule has 7 heteroatoms. The highest BCUT2D eigenvalue weighted by Crippen LogP contribution is 2.40. The van der Waals surface area contributed by atoms with Crippen LogP contribution in [0.1, 0.15) is 40.5 Å². The van der Waals surface area contributed by atoms with Gasteiger partial charge in [0.05, 0.1) is 0 Å². The van der Waals surface area contributed by atoms with E-state index in [1.54, 1.807) is 13.8 Å². The Morgan fingerprint density at radius 1 is 0.520 bits per heavy atom. The summed E-state index contributed by atoms with van der Waals surface area (Å²) in [7, 11) is 0. The van der Waals surface area contributed by atoms with E-state index in [9.17, 15) is 14.4 Å². The largest absolute Gasteiger partial charge is 0.341 e. The molecule has 0 bridgehead atoms. The van der Waals surface area contributed by atoms with Crippen LogP contribution in [0.4, 0.5) is 4.79 Å². The summed E-state index contributed by atoms with van der Waals surface area (Å²) in [5.74, 6) is -1.05. The van der Waals surface area contributed by atoms with Crippen molar-refractivity contribution >= 4 is 73.3 Å². The Balaban J connectivity index is 1.38. The van der Waals surface area contributed by atoms with E-state index in [0.717, 1.165) is 34.9 Å². The molecule has 0 N–H and O–H groups in total. The maximum absolute atomic E-state index is 14.1.